The molecule has 0 aromatic rings. The van der Waals surface area contributed by atoms with E-state index in [0.29, 0.717) is 17.1 Å². The topological polar surface area (TPSA) is 20.2 Å². The van der Waals surface area contributed by atoms with Crippen molar-refractivity contribution in [3.63, 3.8) is 0 Å². The summed E-state index contributed by atoms with van der Waals surface area (Å²) in [6.07, 6.45) is 5.98. The second-order valence-electron chi connectivity index (χ2n) is 7.96. The minimum absolute atomic E-state index is 0.441. The average molecular weight is 252 g/mol. The second-order valence-corrected chi connectivity index (χ2v) is 7.96. The number of nitrogens with zero attached hydrogens (tertiary/aromatic N) is 1. The third-order valence-electron chi connectivity index (χ3n) is 4.90. The highest BCUT2D eigenvalue weighted by molar-refractivity contribution is 5.10. The van der Waals surface area contributed by atoms with Crippen LogP contribution in [0.25, 0.3) is 0 Å². The fourth-order valence-corrected chi connectivity index (χ4v) is 4.27. The second kappa shape index (κ2) is 4.56. The molecule has 0 heterocycles. The van der Waals surface area contributed by atoms with E-state index in [1.54, 1.807) is 0 Å². The van der Waals surface area contributed by atoms with Crippen LogP contribution in [0.3, 0.4) is 0 Å². The highest BCUT2D eigenvalue weighted by Gasteiger charge is 2.43. The van der Waals surface area contributed by atoms with E-state index in [2.05, 4.69) is 34.9 Å². The Bertz CT molecular complexity index is 356. The van der Waals surface area contributed by atoms with Gasteiger partial charge in [-0.05, 0) is 30.6 Å². The first-order chi connectivity index (χ1) is 8.22. The molecule has 0 aromatic heterocycles. The Morgan fingerprint density at radius 3 is 2.67 bits per heavy atom. The number of aliphatic hydroxyl groups is 1. The van der Waals surface area contributed by atoms with Gasteiger partial charge in [-0.3, -0.25) is 4.48 Å². The van der Waals surface area contributed by atoms with E-state index >= 15 is 0 Å². The van der Waals surface area contributed by atoms with Crippen molar-refractivity contribution in [3.05, 3.63) is 11.5 Å². The normalized spacial score (nSPS) is 33.1. The van der Waals surface area contributed by atoms with Crippen molar-refractivity contribution in [1.29, 1.82) is 0 Å². The lowest BCUT2D eigenvalue weighted by molar-refractivity contribution is -0.858. The summed E-state index contributed by atoms with van der Waals surface area (Å²) in [5, 5.41) is 10.5. The predicted molar refractivity (Wildman–Crippen MR) is 76.2 cm³/mol. The Labute approximate surface area is 112 Å². The molecule has 1 saturated carbocycles. The predicted octanol–water partition coefficient (Wildman–Crippen LogP) is 4.09. The average Bonchev–Trinajstić information content (AvgIpc) is 2.47. The molecule has 2 bridgehead atoms. The first-order valence-corrected chi connectivity index (χ1v) is 7.46. The largest absolute Gasteiger partial charge is 0.507 e. The van der Waals surface area contributed by atoms with Gasteiger partial charge in [-0.1, -0.05) is 20.8 Å². The molecule has 2 unspecified atom stereocenters. The lowest BCUT2D eigenvalue weighted by Crippen LogP contribution is -2.43. The van der Waals surface area contributed by atoms with Gasteiger partial charge in [0, 0.05) is 18.8 Å². The van der Waals surface area contributed by atoms with E-state index in [-0.39, 0.29) is 0 Å². The van der Waals surface area contributed by atoms with Crippen molar-refractivity contribution in [2.45, 2.75) is 52.9 Å². The Kier molecular flexibility index (Phi) is 3.52. The van der Waals surface area contributed by atoms with E-state index in [9.17, 15) is 5.11 Å². The van der Waals surface area contributed by atoms with Crippen LogP contribution in [0.1, 0.15) is 52.9 Å². The molecule has 104 valence electrons. The number of quaternary nitrogens is 1. The highest BCUT2D eigenvalue weighted by atomic mass is 16.3. The molecule has 2 nitrogen and oxygen atoms in total. The molecular weight excluding hydrogens is 222 g/mol. The maximum Gasteiger partial charge on any atom is 0.149 e. The Balaban J connectivity index is 2.27. The molecule has 0 aromatic carbocycles. The summed E-state index contributed by atoms with van der Waals surface area (Å²) in [5.74, 6) is 2.09. The van der Waals surface area contributed by atoms with Crippen LogP contribution in [0, 0.1) is 17.3 Å². The number of hydrogen-bond donors (Lipinski definition) is 1. The van der Waals surface area contributed by atoms with Crippen LogP contribution in [-0.4, -0.2) is 30.2 Å². The van der Waals surface area contributed by atoms with Crippen LogP contribution < -0.4 is 0 Å². The zero-order valence-corrected chi connectivity index (χ0v) is 12.8. The Hall–Kier alpha value is -0.500. The maximum absolute atomic E-state index is 10.5. The maximum atomic E-state index is 10.5. The molecule has 0 saturated heterocycles. The summed E-state index contributed by atoms with van der Waals surface area (Å²) in [7, 11) is 4.52. The number of fused-ring (bicyclic) bond motifs is 2. The van der Waals surface area contributed by atoms with Crippen LogP contribution in [-0.2, 0) is 0 Å². The molecule has 2 heteroatoms. The van der Waals surface area contributed by atoms with Gasteiger partial charge in [-0.25, -0.2) is 0 Å². The van der Waals surface area contributed by atoms with E-state index < -0.39 is 0 Å². The van der Waals surface area contributed by atoms with E-state index in [1.165, 1.54) is 25.0 Å². The SMILES string of the molecule is CC(C)C[N+](C)(C)C1=C(O)CC2CCC(C)(C1)C2. The summed E-state index contributed by atoms with van der Waals surface area (Å²) in [6, 6.07) is 0. The zero-order chi connectivity index (χ0) is 13.6. The lowest BCUT2D eigenvalue weighted by atomic mass is 9.83. The standard InChI is InChI=1S/C16H29NO/c1-12(2)11-17(4,5)14-10-16(3)7-6-13(9-16)8-15(14)18/h12-13H,6-11H2,1-5H3/p+1. The van der Waals surface area contributed by atoms with Gasteiger partial charge < -0.3 is 5.11 Å². The van der Waals surface area contributed by atoms with Crippen LogP contribution in [0.2, 0.25) is 0 Å². The van der Waals surface area contributed by atoms with Crippen molar-refractivity contribution < 1.29 is 9.59 Å². The minimum Gasteiger partial charge on any atom is -0.507 e. The number of allylic oxidation sites excluding steroid dienone is 2. The van der Waals surface area contributed by atoms with Crippen molar-refractivity contribution >= 4 is 0 Å². The monoisotopic (exact) mass is 252 g/mol. The third-order valence-corrected chi connectivity index (χ3v) is 4.90. The molecule has 0 spiro atoms. The van der Waals surface area contributed by atoms with Gasteiger partial charge in [0.15, 0.2) is 0 Å². The fraction of sp³-hybridized carbons (Fsp3) is 0.875. The number of rotatable bonds is 3. The lowest BCUT2D eigenvalue weighted by Gasteiger charge is -2.37. The Morgan fingerprint density at radius 1 is 1.39 bits per heavy atom. The highest BCUT2D eigenvalue weighted by Crippen LogP contribution is 2.51. The van der Waals surface area contributed by atoms with E-state index in [4.69, 9.17) is 0 Å². The molecule has 0 amide bonds. The zero-order valence-electron chi connectivity index (χ0n) is 12.8. The molecule has 2 aliphatic rings. The van der Waals surface area contributed by atoms with Gasteiger partial charge in [-0.15, -0.1) is 0 Å². The van der Waals surface area contributed by atoms with Gasteiger partial charge in [0.2, 0.25) is 0 Å². The van der Waals surface area contributed by atoms with Gasteiger partial charge in [0.1, 0.15) is 11.5 Å². The quantitative estimate of drug-likeness (QED) is 0.750. The number of aliphatic hydroxyl groups excluding tert-OH is 1. The molecule has 2 rings (SSSR count). The Morgan fingerprint density at radius 2 is 2.06 bits per heavy atom. The molecule has 0 aliphatic heterocycles. The van der Waals surface area contributed by atoms with E-state index in [0.717, 1.165) is 29.8 Å². The summed E-state index contributed by atoms with van der Waals surface area (Å²) in [4.78, 5) is 0. The smallest absolute Gasteiger partial charge is 0.149 e. The summed E-state index contributed by atoms with van der Waals surface area (Å²) >= 11 is 0. The van der Waals surface area contributed by atoms with Crippen molar-refractivity contribution in [1.82, 2.24) is 0 Å². The third kappa shape index (κ3) is 2.74. The van der Waals surface area contributed by atoms with Crippen LogP contribution in [0.4, 0.5) is 0 Å². The first kappa shape index (κ1) is 13.9. The van der Waals surface area contributed by atoms with Crippen LogP contribution in [0.5, 0.6) is 0 Å². The molecular formula is C16H30NO+. The minimum atomic E-state index is 0.441. The van der Waals surface area contributed by atoms with Crippen molar-refractivity contribution in [2.24, 2.45) is 17.3 Å². The first-order valence-electron chi connectivity index (χ1n) is 7.46. The molecule has 2 aliphatic carbocycles. The van der Waals surface area contributed by atoms with Crippen LogP contribution >= 0.6 is 0 Å². The fourth-order valence-electron chi connectivity index (χ4n) is 4.27. The molecule has 1 N–H and O–H groups in total. The van der Waals surface area contributed by atoms with E-state index in [1.807, 2.05) is 0 Å². The van der Waals surface area contributed by atoms with Crippen LogP contribution in [0.15, 0.2) is 11.5 Å². The van der Waals surface area contributed by atoms with Gasteiger partial charge in [0.05, 0.1) is 20.6 Å². The van der Waals surface area contributed by atoms with Gasteiger partial charge >= 0.3 is 0 Å². The molecule has 0 radical (unpaired) electrons. The number of hydrogen-bond acceptors (Lipinski definition) is 1. The van der Waals surface area contributed by atoms with Gasteiger partial charge in [0.25, 0.3) is 0 Å². The van der Waals surface area contributed by atoms with Gasteiger partial charge in [-0.2, -0.15) is 0 Å². The summed E-state index contributed by atoms with van der Waals surface area (Å²) in [5.41, 5.74) is 1.74. The van der Waals surface area contributed by atoms with Crippen molar-refractivity contribution in [3.8, 4) is 0 Å². The molecule has 1 fully saturated rings. The summed E-state index contributed by atoms with van der Waals surface area (Å²) in [6.45, 7) is 8.06. The molecule has 18 heavy (non-hydrogen) atoms. The summed E-state index contributed by atoms with van der Waals surface area (Å²) < 4.78 is 0.867. The molecule has 2 atom stereocenters. The van der Waals surface area contributed by atoms with Crippen molar-refractivity contribution in [2.75, 3.05) is 20.6 Å².